The van der Waals surface area contributed by atoms with Crippen LogP contribution in [-0.2, 0) is 14.3 Å². The summed E-state index contributed by atoms with van der Waals surface area (Å²) < 4.78 is 10.6. The molecule has 0 saturated carbocycles. The monoisotopic (exact) mass is 518 g/mol. The van der Waals surface area contributed by atoms with E-state index in [0.717, 1.165) is 28.0 Å². The van der Waals surface area contributed by atoms with Crippen LogP contribution in [0.1, 0.15) is 35.1 Å². The summed E-state index contributed by atoms with van der Waals surface area (Å²) in [6.45, 7) is 5.76. The zero-order valence-corrected chi connectivity index (χ0v) is 21.7. The number of anilines is 2. The molecular formula is C27H26N4O5S. The Kier molecular flexibility index (Phi) is 7.88. The van der Waals surface area contributed by atoms with E-state index in [1.54, 1.807) is 42.5 Å². The van der Waals surface area contributed by atoms with E-state index in [-0.39, 0.29) is 28.5 Å². The molecule has 10 heteroatoms. The van der Waals surface area contributed by atoms with Crippen molar-refractivity contribution in [2.45, 2.75) is 32.3 Å². The fourth-order valence-electron chi connectivity index (χ4n) is 3.72. The number of nitrogens with one attached hydrogen (secondary N) is 1. The molecule has 1 aromatic heterocycles. The standard InChI is InChI=1S/C27H26N4O5S/c1-5-13-36-26(34)20-11-6-7-12-21(20)31-24(32)22(30-18-9-8-10-19(15-18)35-4)23(25(31)33)37-27-28-16(2)14-17(3)29-27/h6-12,14-15,30H,5,13H2,1-4H3. The number of carbonyl (C=O) groups excluding carboxylic acids is 3. The van der Waals surface area contributed by atoms with Gasteiger partial charge in [0, 0.05) is 23.1 Å². The summed E-state index contributed by atoms with van der Waals surface area (Å²) in [7, 11) is 1.54. The van der Waals surface area contributed by atoms with E-state index < -0.39 is 17.8 Å². The average Bonchev–Trinajstić information content (AvgIpc) is 3.10. The molecule has 1 aliphatic rings. The van der Waals surface area contributed by atoms with E-state index in [9.17, 15) is 14.4 Å². The lowest BCUT2D eigenvalue weighted by atomic mass is 10.1. The van der Waals surface area contributed by atoms with E-state index >= 15 is 0 Å². The summed E-state index contributed by atoms with van der Waals surface area (Å²) in [5.74, 6) is -1.25. The zero-order chi connectivity index (χ0) is 26.5. The highest BCUT2D eigenvalue weighted by Gasteiger charge is 2.42. The molecular weight excluding hydrogens is 492 g/mol. The Balaban J connectivity index is 1.78. The summed E-state index contributed by atoms with van der Waals surface area (Å²) in [5, 5.41) is 3.40. The number of para-hydroxylation sites is 1. The third-order valence-electron chi connectivity index (χ3n) is 5.34. The maximum atomic E-state index is 13.8. The summed E-state index contributed by atoms with van der Waals surface area (Å²) in [4.78, 5) is 50.2. The molecule has 37 heavy (non-hydrogen) atoms. The van der Waals surface area contributed by atoms with Crippen molar-refractivity contribution in [1.82, 2.24) is 9.97 Å². The van der Waals surface area contributed by atoms with Crippen molar-refractivity contribution in [3.05, 3.63) is 82.2 Å². The Labute approximate surface area is 218 Å². The molecule has 2 amide bonds. The highest BCUT2D eigenvalue weighted by atomic mass is 32.2. The third-order valence-corrected chi connectivity index (χ3v) is 6.29. The Morgan fingerprint density at radius 1 is 1.00 bits per heavy atom. The molecule has 4 rings (SSSR count). The Bertz CT molecular complexity index is 1380. The van der Waals surface area contributed by atoms with Crippen LogP contribution in [0.4, 0.5) is 11.4 Å². The molecule has 2 heterocycles. The second-order valence-corrected chi connectivity index (χ2v) is 9.17. The highest BCUT2D eigenvalue weighted by Crippen LogP contribution is 2.38. The van der Waals surface area contributed by atoms with E-state index in [2.05, 4.69) is 15.3 Å². The fraction of sp³-hybridized carbons (Fsp3) is 0.222. The first-order valence-electron chi connectivity index (χ1n) is 11.6. The highest BCUT2D eigenvalue weighted by molar-refractivity contribution is 8.04. The van der Waals surface area contributed by atoms with E-state index in [0.29, 0.717) is 23.0 Å². The van der Waals surface area contributed by atoms with Crippen molar-refractivity contribution in [1.29, 1.82) is 0 Å². The van der Waals surface area contributed by atoms with Gasteiger partial charge in [0.25, 0.3) is 11.8 Å². The molecule has 2 aromatic carbocycles. The second kappa shape index (κ2) is 11.3. The van der Waals surface area contributed by atoms with Gasteiger partial charge in [-0.2, -0.15) is 0 Å². The van der Waals surface area contributed by atoms with Crippen molar-refractivity contribution in [2.24, 2.45) is 0 Å². The average molecular weight is 519 g/mol. The number of ether oxygens (including phenoxy) is 2. The molecule has 190 valence electrons. The number of carbonyl (C=O) groups is 3. The number of amides is 2. The molecule has 0 radical (unpaired) electrons. The van der Waals surface area contributed by atoms with E-state index in [1.807, 2.05) is 26.8 Å². The zero-order valence-electron chi connectivity index (χ0n) is 20.9. The number of thioether (sulfide) groups is 1. The lowest BCUT2D eigenvalue weighted by molar-refractivity contribution is -0.120. The summed E-state index contributed by atoms with van der Waals surface area (Å²) >= 11 is 0.991. The van der Waals surface area contributed by atoms with Crippen molar-refractivity contribution >= 4 is 40.9 Å². The molecule has 0 aliphatic carbocycles. The van der Waals surface area contributed by atoms with Gasteiger partial charge in [0.2, 0.25) is 0 Å². The van der Waals surface area contributed by atoms with Gasteiger partial charge < -0.3 is 14.8 Å². The number of imide groups is 1. The number of nitrogens with zero attached hydrogens (tertiary/aromatic N) is 3. The van der Waals surface area contributed by atoms with Crippen molar-refractivity contribution in [2.75, 3.05) is 23.9 Å². The molecule has 1 N–H and O–H groups in total. The number of rotatable bonds is 9. The van der Waals surface area contributed by atoms with Crippen LogP contribution in [0.3, 0.4) is 0 Å². The van der Waals surface area contributed by atoms with Gasteiger partial charge >= 0.3 is 5.97 Å². The minimum Gasteiger partial charge on any atom is -0.497 e. The number of aromatic nitrogens is 2. The van der Waals surface area contributed by atoms with Gasteiger partial charge in [0.15, 0.2) is 5.16 Å². The summed E-state index contributed by atoms with van der Waals surface area (Å²) in [6, 6.07) is 15.2. The van der Waals surface area contributed by atoms with Crippen LogP contribution in [-0.4, -0.2) is 41.5 Å². The number of esters is 1. The lowest BCUT2D eigenvalue weighted by Gasteiger charge is -2.18. The molecule has 3 aromatic rings. The van der Waals surface area contributed by atoms with Gasteiger partial charge in [-0.25, -0.2) is 19.7 Å². The van der Waals surface area contributed by atoms with Crippen molar-refractivity contribution < 1.29 is 23.9 Å². The Hall–Kier alpha value is -4.18. The van der Waals surface area contributed by atoms with Crippen LogP contribution in [0.15, 0.2) is 70.4 Å². The van der Waals surface area contributed by atoms with E-state index in [4.69, 9.17) is 9.47 Å². The second-order valence-electron chi connectivity index (χ2n) is 8.20. The third kappa shape index (κ3) is 5.64. The predicted molar refractivity (Wildman–Crippen MR) is 141 cm³/mol. The largest absolute Gasteiger partial charge is 0.497 e. The maximum absolute atomic E-state index is 13.8. The van der Waals surface area contributed by atoms with E-state index in [1.165, 1.54) is 13.2 Å². The van der Waals surface area contributed by atoms with Crippen molar-refractivity contribution in [3.63, 3.8) is 0 Å². The number of hydrogen-bond acceptors (Lipinski definition) is 9. The molecule has 9 nitrogen and oxygen atoms in total. The Morgan fingerprint density at radius 3 is 2.43 bits per heavy atom. The molecule has 1 aliphatic heterocycles. The number of methoxy groups -OCH3 is 1. The molecule has 0 atom stereocenters. The van der Waals surface area contributed by atoms with Gasteiger partial charge in [-0.05, 0) is 62.4 Å². The topological polar surface area (TPSA) is 111 Å². The lowest BCUT2D eigenvalue weighted by Crippen LogP contribution is -2.33. The Morgan fingerprint density at radius 2 is 1.73 bits per heavy atom. The number of benzene rings is 2. The molecule has 0 bridgehead atoms. The molecule has 0 unspecified atom stereocenters. The fourth-order valence-corrected chi connectivity index (χ4v) is 4.70. The quantitative estimate of drug-likeness (QED) is 0.246. The van der Waals surface area contributed by atoms with Crippen LogP contribution in [0.2, 0.25) is 0 Å². The van der Waals surface area contributed by atoms with Gasteiger partial charge in [-0.15, -0.1) is 0 Å². The van der Waals surface area contributed by atoms with Crippen molar-refractivity contribution in [3.8, 4) is 5.75 Å². The smallest absolute Gasteiger partial charge is 0.340 e. The van der Waals surface area contributed by atoms with Crippen LogP contribution in [0, 0.1) is 13.8 Å². The number of aryl methyl sites for hydroxylation is 2. The minimum atomic E-state index is -0.615. The summed E-state index contributed by atoms with van der Waals surface area (Å²) in [5.41, 5.74) is 2.31. The van der Waals surface area contributed by atoms with Gasteiger partial charge in [0.05, 0.1) is 25.0 Å². The minimum absolute atomic E-state index is 0.0442. The van der Waals surface area contributed by atoms with Crippen LogP contribution in [0.5, 0.6) is 5.75 Å². The molecule has 0 saturated heterocycles. The van der Waals surface area contributed by atoms with Crippen LogP contribution >= 0.6 is 11.8 Å². The summed E-state index contributed by atoms with van der Waals surface area (Å²) in [6.07, 6.45) is 0.641. The van der Waals surface area contributed by atoms with Gasteiger partial charge in [0.1, 0.15) is 16.4 Å². The van der Waals surface area contributed by atoms with Crippen LogP contribution in [0.25, 0.3) is 0 Å². The molecule has 0 spiro atoms. The van der Waals surface area contributed by atoms with Gasteiger partial charge in [-0.3, -0.25) is 9.59 Å². The number of hydrogen-bond donors (Lipinski definition) is 1. The predicted octanol–water partition coefficient (Wildman–Crippen LogP) is 4.66. The normalized spacial score (nSPS) is 13.2. The van der Waals surface area contributed by atoms with Crippen LogP contribution < -0.4 is 15.0 Å². The molecule has 0 fully saturated rings. The maximum Gasteiger partial charge on any atom is 0.340 e. The van der Waals surface area contributed by atoms with Gasteiger partial charge in [-0.1, -0.05) is 25.1 Å². The first kappa shape index (κ1) is 25.9. The SMILES string of the molecule is CCCOC(=O)c1ccccc1N1C(=O)C(Nc2cccc(OC)c2)=C(Sc2nc(C)cc(C)n2)C1=O. The first-order chi connectivity index (χ1) is 17.8. The first-order valence-corrected chi connectivity index (χ1v) is 12.4.